The number of hydrogen-bond acceptors (Lipinski definition) is 4. The Kier molecular flexibility index (Phi) is 8.53. The van der Waals surface area contributed by atoms with Crippen molar-refractivity contribution in [1.82, 2.24) is 4.90 Å². The number of benzene rings is 3. The van der Waals surface area contributed by atoms with Gasteiger partial charge in [-0.25, -0.2) is 0 Å². The summed E-state index contributed by atoms with van der Waals surface area (Å²) in [5.74, 6) is 0.568. The Morgan fingerprint density at radius 3 is 2.37 bits per heavy atom. The molecular weight excluding hydrogens is 438 g/mol. The van der Waals surface area contributed by atoms with Crippen LogP contribution < -0.4 is 15.0 Å². The Bertz CT molecular complexity index is 1190. The molecule has 1 N–H and O–H groups in total. The van der Waals surface area contributed by atoms with Crippen LogP contribution in [0.15, 0.2) is 66.7 Å². The maximum Gasteiger partial charge on any atom is 0.259 e. The van der Waals surface area contributed by atoms with Crippen molar-refractivity contribution in [2.24, 2.45) is 5.92 Å². The van der Waals surface area contributed by atoms with Crippen molar-refractivity contribution >= 4 is 23.2 Å². The first-order valence-electron chi connectivity index (χ1n) is 11.8. The number of ether oxygens (including phenoxy) is 1. The lowest BCUT2D eigenvalue weighted by Gasteiger charge is -2.28. The number of nitrogens with zero attached hydrogens (tertiary/aromatic N) is 2. The fourth-order valence-electron chi connectivity index (χ4n) is 4.08. The number of amides is 2. The quantitative estimate of drug-likeness (QED) is 0.438. The van der Waals surface area contributed by atoms with E-state index in [4.69, 9.17) is 4.74 Å². The van der Waals surface area contributed by atoms with Gasteiger partial charge >= 0.3 is 0 Å². The molecule has 6 heteroatoms. The molecule has 6 nitrogen and oxygen atoms in total. The van der Waals surface area contributed by atoms with Crippen molar-refractivity contribution in [3.63, 3.8) is 0 Å². The summed E-state index contributed by atoms with van der Waals surface area (Å²) >= 11 is 0. The Hall–Kier alpha value is -3.80. The van der Waals surface area contributed by atoms with Gasteiger partial charge in [-0.2, -0.15) is 0 Å². The Balaban J connectivity index is 1.92. The molecule has 3 rings (SSSR count). The van der Waals surface area contributed by atoms with Crippen molar-refractivity contribution in [1.29, 1.82) is 0 Å². The minimum Gasteiger partial charge on any atom is -0.496 e. The van der Waals surface area contributed by atoms with Crippen LogP contribution in [0.25, 0.3) is 0 Å². The third kappa shape index (κ3) is 6.63. The van der Waals surface area contributed by atoms with Gasteiger partial charge in [0.25, 0.3) is 11.8 Å². The van der Waals surface area contributed by atoms with Crippen LogP contribution in [0.3, 0.4) is 0 Å². The van der Waals surface area contributed by atoms with Gasteiger partial charge < -0.3 is 19.9 Å². The normalized spacial score (nSPS) is 10.7. The molecule has 0 aliphatic carbocycles. The van der Waals surface area contributed by atoms with E-state index in [1.807, 2.05) is 79.3 Å². The summed E-state index contributed by atoms with van der Waals surface area (Å²) in [5, 5.41) is 2.98. The molecule has 0 saturated carbocycles. The maximum absolute atomic E-state index is 13.5. The molecule has 0 saturated heterocycles. The second kappa shape index (κ2) is 11.6. The smallest absolute Gasteiger partial charge is 0.259 e. The van der Waals surface area contributed by atoms with Gasteiger partial charge in [0.05, 0.1) is 12.7 Å². The molecule has 0 atom stereocenters. The van der Waals surface area contributed by atoms with Crippen molar-refractivity contribution in [2.45, 2.75) is 27.3 Å². The number of anilines is 2. The number of aryl methyl sites for hydroxylation is 1. The fourth-order valence-corrected chi connectivity index (χ4v) is 4.08. The van der Waals surface area contributed by atoms with E-state index < -0.39 is 0 Å². The zero-order valence-corrected chi connectivity index (χ0v) is 21.5. The molecular formula is C29H35N3O3. The van der Waals surface area contributed by atoms with Crippen molar-refractivity contribution in [3.05, 3.63) is 89.0 Å². The molecule has 3 aromatic carbocycles. The average molecular weight is 474 g/mol. The van der Waals surface area contributed by atoms with Crippen LogP contribution in [0.1, 0.15) is 45.7 Å². The zero-order valence-electron chi connectivity index (χ0n) is 21.5. The summed E-state index contributed by atoms with van der Waals surface area (Å²) in [5.41, 5.74) is 4.80. The van der Waals surface area contributed by atoms with Crippen LogP contribution in [-0.2, 0) is 6.54 Å². The van der Waals surface area contributed by atoms with Crippen LogP contribution in [0.2, 0.25) is 0 Å². The van der Waals surface area contributed by atoms with E-state index in [0.717, 1.165) is 16.8 Å². The lowest BCUT2D eigenvalue weighted by atomic mass is 10.1. The van der Waals surface area contributed by atoms with Gasteiger partial charge in [0.1, 0.15) is 5.75 Å². The lowest BCUT2D eigenvalue weighted by molar-refractivity contribution is 0.0722. The molecule has 0 unspecified atom stereocenters. The highest BCUT2D eigenvalue weighted by Crippen LogP contribution is 2.27. The van der Waals surface area contributed by atoms with Crippen molar-refractivity contribution in [3.8, 4) is 5.75 Å². The van der Waals surface area contributed by atoms with Gasteiger partial charge in [-0.1, -0.05) is 43.7 Å². The SMILES string of the molecule is COc1ccccc1C(=O)Nc1ccc(N(C)C)c(CN(CC(C)C)C(=O)c2cccc(C)c2)c1. The van der Waals surface area contributed by atoms with E-state index in [-0.39, 0.29) is 11.8 Å². The molecule has 2 amide bonds. The number of hydrogen-bond donors (Lipinski definition) is 1. The van der Waals surface area contributed by atoms with Gasteiger partial charge in [-0.15, -0.1) is 0 Å². The minimum absolute atomic E-state index is 0.00410. The summed E-state index contributed by atoms with van der Waals surface area (Å²) < 4.78 is 5.33. The molecule has 0 bridgehead atoms. The first kappa shape index (κ1) is 25.8. The highest BCUT2D eigenvalue weighted by Gasteiger charge is 2.20. The standard InChI is InChI=1S/C29H35N3O3/c1-20(2)18-32(29(34)22-11-9-10-21(3)16-22)19-23-17-24(14-15-26(23)31(4)5)30-28(33)25-12-7-8-13-27(25)35-6/h7-17,20H,18-19H2,1-6H3,(H,30,33). The molecule has 0 aliphatic heterocycles. The van der Waals surface area contributed by atoms with Gasteiger partial charge in [0.2, 0.25) is 0 Å². The number of carbonyl (C=O) groups excluding carboxylic acids is 2. The number of para-hydroxylation sites is 1. The van der Waals surface area contributed by atoms with E-state index in [9.17, 15) is 9.59 Å². The van der Waals surface area contributed by atoms with Crippen LogP contribution in [-0.4, -0.2) is 44.5 Å². The lowest BCUT2D eigenvalue weighted by Crippen LogP contribution is -2.34. The predicted molar refractivity (Wildman–Crippen MR) is 142 cm³/mol. The summed E-state index contributed by atoms with van der Waals surface area (Å²) in [7, 11) is 5.49. The van der Waals surface area contributed by atoms with Gasteiger partial charge in [0.15, 0.2) is 0 Å². The topological polar surface area (TPSA) is 61.9 Å². The average Bonchev–Trinajstić information content (AvgIpc) is 2.82. The Morgan fingerprint density at radius 2 is 1.71 bits per heavy atom. The fraction of sp³-hybridized carbons (Fsp3) is 0.310. The number of rotatable bonds is 9. The van der Waals surface area contributed by atoms with Crippen LogP contribution >= 0.6 is 0 Å². The predicted octanol–water partition coefficient (Wildman–Crippen LogP) is 5.62. The molecule has 0 radical (unpaired) electrons. The van der Waals surface area contributed by atoms with Crippen molar-refractivity contribution < 1.29 is 14.3 Å². The summed E-state index contributed by atoms with van der Waals surface area (Å²) in [6, 6.07) is 20.6. The van der Waals surface area contributed by atoms with Gasteiger partial charge in [-0.3, -0.25) is 9.59 Å². The van der Waals surface area contributed by atoms with Crippen molar-refractivity contribution in [2.75, 3.05) is 38.0 Å². The van der Waals surface area contributed by atoms with Gasteiger partial charge in [-0.05, 0) is 60.9 Å². The second-order valence-electron chi connectivity index (χ2n) is 9.34. The summed E-state index contributed by atoms with van der Waals surface area (Å²) in [6.45, 7) is 7.25. The Morgan fingerprint density at radius 1 is 0.971 bits per heavy atom. The molecule has 0 aliphatic rings. The third-order valence-corrected chi connectivity index (χ3v) is 5.67. The van der Waals surface area contributed by atoms with E-state index in [2.05, 4.69) is 19.2 Å². The highest BCUT2D eigenvalue weighted by molar-refractivity contribution is 6.06. The Labute approximate surface area is 208 Å². The van der Waals surface area contributed by atoms with Crippen LogP contribution in [0, 0.1) is 12.8 Å². The van der Waals surface area contributed by atoms with E-state index >= 15 is 0 Å². The summed E-state index contributed by atoms with van der Waals surface area (Å²) in [4.78, 5) is 30.3. The maximum atomic E-state index is 13.5. The molecule has 0 fully saturated rings. The number of carbonyl (C=O) groups is 2. The number of nitrogens with one attached hydrogen (secondary N) is 1. The number of methoxy groups -OCH3 is 1. The van der Waals surface area contributed by atoms with Crippen LogP contribution in [0.5, 0.6) is 5.75 Å². The van der Waals surface area contributed by atoms with Gasteiger partial charge in [0, 0.05) is 44.1 Å². The zero-order chi connectivity index (χ0) is 25.5. The third-order valence-electron chi connectivity index (χ3n) is 5.67. The largest absolute Gasteiger partial charge is 0.496 e. The monoisotopic (exact) mass is 473 g/mol. The minimum atomic E-state index is -0.249. The molecule has 184 valence electrons. The molecule has 0 aromatic heterocycles. The molecule has 35 heavy (non-hydrogen) atoms. The first-order chi connectivity index (χ1) is 16.7. The second-order valence-corrected chi connectivity index (χ2v) is 9.34. The van der Waals surface area contributed by atoms with E-state index in [1.165, 1.54) is 0 Å². The highest BCUT2D eigenvalue weighted by atomic mass is 16.5. The first-order valence-corrected chi connectivity index (χ1v) is 11.8. The van der Waals surface area contributed by atoms with Crippen LogP contribution in [0.4, 0.5) is 11.4 Å². The van der Waals surface area contributed by atoms with E-state index in [1.54, 1.807) is 25.3 Å². The molecule has 0 spiro atoms. The summed E-state index contributed by atoms with van der Waals surface area (Å²) in [6.07, 6.45) is 0. The van der Waals surface area contributed by atoms with E-state index in [0.29, 0.717) is 41.6 Å². The molecule has 0 heterocycles. The molecule has 3 aromatic rings.